The molecule has 0 atom stereocenters. The number of hydrogen-bond acceptors (Lipinski definition) is 4. The predicted octanol–water partition coefficient (Wildman–Crippen LogP) is 3.70. The van der Waals surface area contributed by atoms with E-state index in [0.717, 1.165) is 30.2 Å². The number of nitrogens with one attached hydrogen (secondary N) is 1. The van der Waals surface area contributed by atoms with Gasteiger partial charge >= 0.3 is 0 Å². The van der Waals surface area contributed by atoms with Gasteiger partial charge in [0, 0.05) is 19.5 Å². The quantitative estimate of drug-likeness (QED) is 0.390. The summed E-state index contributed by atoms with van der Waals surface area (Å²) in [5.74, 6) is 1.24. The lowest BCUT2D eigenvalue weighted by atomic mass is 10.1. The third-order valence-electron chi connectivity index (χ3n) is 4.50. The van der Waals surface area contributed by atoms with E-state index in [4.69, 9.17) is 0 Å². The third kappa shape index (κ3) is 6.61. The van der Waals surface area contributed by atoms with Gasteiger partial charge in [-0.15, -0.1) is 16.8 Å². The van der Waals surface area contributed by atoms with E-state index in [0.29, 0.717) is 18.8 Å². The van der Waals surface area contributed by atoms with Crippen LogP contribution < -0.4 is 5.32 Å². The molecule has 0 fully saturated rings. The molecule has 3 aromatic rings. The second kappa shape index (κ2) is 11.2. The van der Waals surface area contributed by atoms with Gasteiger partial charge in [-0.3, -0.25) is 4.79 Å². The Labute approximate surface area is 176 Å². The van der Waals surface area contributed by atoms with Crippen molar-refractivity contribution < 1.29 is 4.79 Å². The topological polar surface area (TPSA) is 59.8 Å². The summed E-state index contributed by atoms with van der Waals surface area (Å²) in [6, 6.07) is 20.5. The number of nitrogens with zero attached hydrogens (tertiary/aromatic N) is 3. The standard InChI is InChI=1S/C23H26N4OS/c1-2-17-27-21(14-13-19-9-5-3-6-10-19)25-26-23(27)29-18-22(28)24-16-15-20-11-7-4-8-12-20/h2-12H,1,13-18H2,(H,24,28). The minimum Gasteiger partial charge on any atom is -0.355 e. The molecule has 29 heavy (non-hydrogen) atoms. The first-order valence-corrected chi connectivity index (χ1v) is 10.7. The van der Waals surface area contributed by atoms with E-state index in [1.165, 1.54) is 22.9 Å². The number of amides is 1. The fourth-order valence-corrected chi connectivity index (χ4v) is 3.79. The minimum atomic E-state index is 0.00456. The summed E-state index contributed by atoms with van der Waals surface area (Å²) in [6.45, 7) is 5.10. The van der Waals surface area contributed by atoms with Crippen LogP contribution in [-0.2, 0) is 30.6 Å². The fraction of sp³-hybridized carbons (Fsp3) is 0.261. The molecule has 0 unspecified atom stereocenters. The Bertz CT molecular complexity index is 909. The number of hydrogen-bond donors (Lipinski definition) is 1. The SMILES string of the molecule is C=CCn1c(CCc2ccccc2)nnc1SCC(=O)NCCc1ccccc1. The van der Waals surface area contributed by atoms with Gasteiger partial charge in [0.15, 0.2) is 5.16 Å². The van der Waals surface area contributed by atoms with E-state index in [2.05, 4.69) is 46.4 Å². The summed E-state index contributed by atoms with van der Waals surface area (Å²) in [7, 11) is 0. The van der Waals surface area contributed by atoms with Crippen LogP contribution >= 0.6 is 11.8 Å². The van der Waals surface area contributed by atoms with Gasteiger partial charge in [0.25, 0.3) is 0 Å². The smallest absolute Gasteiger partial charge is 0.230 e. The molecule has 3 rings (SSSR count). The number of benzene rings is 2. The monoisotopic (exact) mass is 406 g/mol. The van der Waals surface area contributed by atoms with Gasteiger partial charge in [-0.2, -0.15) is 0 Å². The highest BCUT2D eigenvalue weighted by molar-refractivity contribution is 7.99. The van der Waals surface area contributed by atoms with Gasteiger partial charge in [-0.25, -0.2) is 0 Å². The van der Waals surface area contributed by atoms with Crippen LogP contribution in [0.3, 0.4) is 0 Å². The molecule has 150 valence electrons. The number of aryl methyl sites for hydroxylation is 2. The number of rotatable bonds is 11. The summed E-state index contributed by atoms with van der Waals surface area (Å²) in [4.78, 5) is 12.2. The highest BCUT2D eigenvalue weighted by atomic mass is 32.2. The van der Waals surface area contributed by atoms with Gasteiger partial charge in [0.2, 0.25) is 5.91 Å². The first kappa shape index (κ1) is 20.9. The van der Waals surface area contributed by atoms with Crippen LogP contribution in [0.15, 0.2) is 78.5 Å². The molecular formula is C23H26N4OS. The molecule has 0 saturated carbocycles. The lowest BCUT2D eigenvalue weighted by Crippen LogP contribution is -2.27. The molecule has 0 aliphatic heterocycles. The lowest BCUT2D eigenvalue weighted by Gasteiger charge is -2.08. The molecule has 0 spiro atoms. The van der Waals surface area contributed by atoms with Crippen LogP contribution in [0.5, 0.6) is 0 Å². The summed E-state index contributed by atoms with van der Waals surface area (Å²) in [6.07, 6.45) is 4.36. The van der Waals surface area contributed by atoms with E-state index < -0.39 is 0 Å². The van der Waals surface area contributed by atoms with Gasteiger partial charge in [0.05, 0.1) is 5.75 Å². The largest absolute Gasteiger partial charge is 0.355 e. The van der Waals surface area contributed by atoms with Crippen LogP contribution in [-0.4, -0.2) is 33.0 Å². The summed E-state index contributed by atoms with van der Waals surface area (Å²) in [5.41, 5.74) is 2.49. The highest BCUT2D eigenvalue weighted by Gasteiger charge is 2.13. The number of aromatic nitrogens is 3. The van der Waals surface area contributed by atoms with Crippen molar-refractivity contribution in [3.05, 3.63) is 90.3 Å². The van der Waals surface area contributed by atoms with Crippen LogP contribution in [0.4, 0.5) is 0 Å². The Kier molecular flexibility index (Phi) is 8.07. The second-order valence-corrected chi connectivity index (χ2v) is 7.60. The number of allylic oxidation sites excluding steroid dienone is 1. The Morgan fingerprint density at radius 2 is 1.62 bits per heavy atom. The molecule has 2 aromatic carbocycles. The second-order valence-electron chi connectivity index (χ2n) is 6.66. The van der Waals surface area contributed by atoms with Crippen LogP contribution in [0.2, 0.25) is 0 Å². The first-order chi connectivity index (χ1) is 14.3. The van der Waals surface area contributed by atoms with Crippen molar-refractivity contribution in [2.45, 2.75) is 31.0 Å². The number of carbonyl (C=O) groups is 1. The average molecular weight is 407 g/mol. The molecule has 0 bridgehead atoms. The van der Waals surface area contributed by atoms with Crippen LogP contribution in [0.1, 0.15) is 17.0 Å². The van der Waals surface area contributed by atoms with Crippen LogP contribution in [0.25, 0.3) is 0 Å². The van der Waals surface area contributed by atoms with Gasteiger partial charge in [-0.05, 0) is 24.0 Å². The molecule has 1 aromatic heterocycles. The van der Waals surface area contributed by atoms with Crippen molar-refractivity contribution in [3.8, 4) is 0 Å². The Hall–Kier alpha value is -2.86. The Morgan fingerprint density at radius 1 is 0.966 bits per heavy atom. The Morgan fingerprint density at radius 3 is 2.28 bits per heavy atom. The fourth-order valence-electron chi connectivity index (χ4n) is 3.00. The molecule has 5 nitrogen and oxygen atoms in total. The molecule has 0 aliphatic rings. The van der Waals surface area contributed by atoms with Crippen molar-refractivity contribution in [3.63, 3.8) is 0 Å². The zero-order valence-corrected chi connectivity index (χ0v) is 17.3. The van der Waals surface area contributed by atoms with Gasteiger partial charge < -0.3 is 9.88 Å². The van der Waals surface area contributed by atoms with E-state index in [1.807, 2.05) is 47.0 Å². The van der Waals surface area contributed by atoms with E-state index in [1.54, 1.807) is 0 Å². The molecule has 0 aliphatic carbocycles. The van der Waals surface area contributed by atoms with Crippen molar-refractivity contribution in [2.24, 2.45) is 0 Å². The molecular weight excluding hydrogens is 380 g/mol. The van der Waals surface area contributed by atoms with Crippen molar-refractivity contribution in [1.29, 1.82) is 0 Å². The maximum Gasteiger partial charge on any atom is 0.230 e. The van der Waals surface area contributed by atoms with Crippen molar-refractivity contribution >= 4 is 17.7 Å². The Balaban J connectivity index is 1.49. The summed E-state index contributed by atoms with van der Waals surface area (Å²) >= 11 is 1.41. The normalized spacial score (nSPS) is 10.6. The van der Waals surface area contributed by atoms with Crippen LogP contribution in [0, 0.1) is 0 Å². The molecule has 1 N–H and O–H groups in total. The molecule has 1 heterocycles. The minimum absolute atomic E-state index is 0.00456. The van der Waals surface area contributed by atoms with Crippen molar-refractivity contribution in [1.82, 2.24) is 20.1 Å². The maximum atomic E-state index is 12.2. The molecule has 1 amide bonds. The zero-order chi connectivity index (χ0) is 20.3. The average Bonchev–Trinajstić information content (AvgIpc) is 3.14. The highest BCUT2D eigenvalue weighted by Crippen LogP contribution is 2.18. The first-order valence-electron chi connectivity index (χ1n) is 9.76. The van der Waals surface area contributed by atoms with E-state index in [-0.39, 0.29) is 5.91 Å². The summed E-state index contributed by atoms with van der Waals surface area (Å²) < 4.78 is 2.04. The molecule has 0 radical (unpaired) electrons. The van der Waals surface area contributed by atoms with Crippen molar-refractivity contribution in [2.75, 3.05) is 12.3 Å². The number of thioether (sulfide) groups is 1. The zero-order valence-electron chi connectivity index (χ0n) is 16.5. The van der Waals surface area contributed by atoms with E-state index >= 15 is 0 Å². The predicted molar refractivity (Wildman–Crippen MR) is 118 cm³/mol. The third-order valence-corrected chi connectivity index (χ3v) is 5.46. The van der Waals surface area contributed by atoms with Gasteiger partial charge in [-0.1, -0.05) is 78.5 Å². The lowest BCUT2D eigenvalue weighted by molar-refractivity contribution is -0.118. The molecule has 6 heteroatoms. The number of carbonyl (C=O) groups excluding carboxylic acids is 1. The maximum absolute atomic E-state index is 12.2. The van der Waals surface area contributed by atoms with E-state index in [9.17, 15) is 4.79 Å². The molecule has 0 saturated heterocycles. The van der Waals surface area contributed by atoms with Gasteiger partial charge in [0.1, 0.15) is 5.82 Å². The summed E-state index contributed by atoms with van der Waals surface area (Å²) in [5, 5.41) is 12.4.